The Kier molecular flexibility index (Phi) is 3.30. The third-order valence-electron chi connectivity index (χ3n) is 2.31. The molecule has 2 rings (SSSR count). The molecule has 0 atom stereocenters. The van der Waals surface area contributed by atoms with Crippen LogP contribution in [0.2, 0.25) is 0 Å². The van der Waals surface area contributed by atoms with E-state index in [1.807, 2.05) is 0 Å². The second kappa shape index (κ2) is 4.76. The maximum absolute atomic E-state index is 12.8. The number of hydrogen-bond donors (Lipinski definition) is 2. The number of nitro benzene ring substituents is 1. The maximum atomic E-state index is 12.8. The first-order chi connectivity index (χ1) is 8.91. The Morgan fingerprint density at radius 2 is 2.26 bits per heavy atom. The molecule has 0 amide bonds. The lowest BCUT2D eigenvalue weighted by Gasteiger charge is -2.12. The number of anilines is 1. The summed E-state index contributed by atoms with van der Waals surface area (Å²) in [5, 5.41) is 21.2. The molecule has 0 bridgehead atoms. The van der Waals surface area contributed by atoms with E-state index in [-0.39, 0.29) is 22.8 Å². The fourth-order valence-electron chi connectivity index (χ4n) is 1.37. The van der Waals surface area contributed by atoms with Crippen molar-refractivity contribution in [1.82, 2.24) is 4.98 Å². The van der Waals surface area contributed by atoms with Crippen LogP contribution in [0.3, 0.4) is 0 Å². The lowest BCUT2D eigenvalue weighted by Crippen LogP contribution is -2.31. The van der Waals surface area contributed by atoms with Crippen LogP contribution in [0.15, 0.2) is 22.6 Å². The van der Waals surface area contributed by atoms with Gasteiger partial charge in [0.25, 0.3) is 17.6 Å². The highest BCUT2D eigenvalue weighted by atomic mass is 19.3. The van der Waals surface area contributed by atoms with E-state index in [9.17, 15) is 18.9 Å². The summed E-state index contributed by atoms with van der Waals surface area (Å²) in [5.74, 6) is -3.30. The largest absolute Gasteiger partial charge is 0.424 e. The molecule has 102 valence electrons. The number of benzene rings is 1. The number of nitro groups is 1. The Morgan fingerprint density at radius 1 is 1.53 bits per heavy atom. The number of alkyl halides is 2. The van der Waals surface area contributed by atoms with Crippen molar-refractivity contribution in [1.29, 1.82) is 0 Å². The highest BCUT2D eigenvalue weighted by Crippen LogP contribution is 2.24. The summed E-state index contributed by atoms with van der Waals surface area (Å²) >= 11 is 0. The predicted molar refractivity (Wildman–Crippen MR) is 61.2 cm³/mol. The second-order valence-corrected chi connectivity index (χ2v) is 3.80. The van der Waals surface area contributed by atoms with Crippen molar-refractivity contribution in [3.63, 3.8) is 0 Å². The fourth-order valence-corrected chi connectivity index (χ4v) is 1.37. The summed E-state index contributed by atoms with van der Waals surface area (Å²) in [6, 6.07) is 3.53. The van der Waals surface area contributed by atoms with Gasteiger partial charge in [0.1, 0.15) is 12.1 Å². The smallest absolute Gasteiger partial charge is 0.295 e. The highest BCUT2D eigenvalue weighted by molar-refractivity contribution is 5.77. The number of hydrogen-bond acceptors (Lipinski definition) is 6. The first kappa shape index (κ1) is 13.1. The topological polar surface area (TPSA) is 101 Å². The number of nitrogens with zero attached hydrogens (tertiary/aromatic N) is 2. The van der Waals surface area contributed by atoms with E-state index >= 15 is 0 Å². The summed E-state index contributed by atoms with van der Waals surface area (Å²) < 4.78 is 30.7. The van der Waals surface area contributed by atoms with Gasteiger partial charge in [-0.25, -0.2) is 8.78 Å². The highest BCUT2D eigenvalue weighted by Gasteiger charge is 2.28. The van der Waals surface area contributed by atoms with Crippen molar-refractivity contribution in [2.75, 3.05) is 18.5 Å². The van der Waals surface area contributed by atoms with Gasteiger partial charge in [0.2, 0.25) is 0 Å². The SMILES string of the molecule is O=[N+]([O-])c1ccc2oc(NCC(F)(F)CO)nc2c1. The molecule has 0 radical (unpaired) electrons. The zero-order valence-corrected chi connectivity index (χ0v) is 9.47. The number of halogens is 2. The van der Waals surface area contributed by atoms with E-state index in [1.54, 1.807) is 0 Å². The van der Waals surface area contributed by atoms with E-state index in [0.29, 0.717) is 0 Å². The van der Waals surface area contributed by atoms with E-state index in [1.165, 1.54) is 18.2 Å². The molecule has 0 aliphatic rings. The quantitative estimate of drug-likeness (QED) is 0.636. The molecule has 19 heavy (non-hydrogen) atoms. The Bertz CT molecular complexity index is 614. The number of aliphatic hydroxyl groups is 1. The zero-order valence-electron chi connectivity index (χ0n) is 9.47. The van der Waals surface area contributed by atoms with Gasteiger partial charge < -0.3 is 14.8 Å². The number of non-ortho nitro benzene ring substituents is 1. The predicted octanol–water partition coefficient (Wildman–Crippen LogP) is 1.78. The Morgan fingerprint density at radius 3 is 2.89 bits per heavy atom. The van der Waals surface area contributed by atoms with Gasteiger partial charge in [0, 0.05) is 12.1 Å². The normalized spacial score (nSPS) is 11.7. The molecule has 0 spiro atoms. The van der Waals surface area contributed by atoms with E-state index < -0.39 is 24.0 Å². The molecule has 1 aromatic carbocycles. The van der Waals surface area contributed by atoms with Crippen molar-refractivity contribution in [2.45, 2.75) is 5.92 Å². The molecular formula is C10H9F2N3O4. The minimum Gasteiger partial charge on any atom is -0.424 e. The van der Waals surface area contributed by atoms with Crippen LogP contribution in [0.4, 0.5) is 20.5 Å². The molecule has 1 heterocycles. The molecule has 2 aromatic rings. The van der Waals surface area contributed by atoms with E-state index in [0.717, 1.165) is 0 Å². The van der Waals surface area contributed by atoms with E-state index in [2.05, 4.69) is 10.3 Å². The number of fused-ring (bicyclic) bond motifs is 1. The van der Waals surface area contributed by atoms with Crippen LogP contribution >= 0.6 is 0 Å². The summed E-state index contributed by atoms with van der Waals surface area (Å²) in [6.45, 7) is -2.15. The van der Waals surface area contributed by atoms with Crippen LogP contribution in [-0.2, 0) is 0 Å². The lowest BCUT2D eigenvalue weighted by atomic mass is 10.3. The molecule has 7 nitrogen and oxygen atoms in total. The van der Waals surface area contributed by atoms with Crippen LogP contribution in [0.5, 0.6) is 0 Å². The Hall–Kier alpha value is -2.29. The third kappa shape index (κ3) is 2.94. The summed E-state index contributed by atoms with van der Waals surface area (Å²) in [6.07, 6.45) is 0. The van der Waals surface area contributed by atoms with Crippen molar-refractivity contribution in [2.24, 2.45) is 0 Å². The van der Waals surface area contributed by atoms with Crippen LogP contribution < -0.4 is 5.32 Å². The molecule has 0 aliphatic carbocycles. The van der Waals surface area contributed by atoms with Gasteiger partial charge in [0.05, 0.1) is 11.5 Å². The molecule has 2 N–H and O–H groups in total. The Labute approximate surface area is 105 Å². The Balaban J connectivity index is 2.20. The summed E-state index contributed by atoms with van der Waals surface area (Å²) in [4.78, 5) is 13.8. The van der Waals surface area contributed by atoms with Crippen molar-refractivity contribution < 1.29 is 23.2 Å². The first-order valence-electron chi connectivity index (χ1n) is 5.19. The molecule has 1 aromatic heterocycles. The molecule has 9 heteroatoms. The number of aromatic nitrogens is 1. The van der Waals surface area contributed by atoms with E-state index in [4.69, 9.17) is 9.52 Å². The molecule has 0 unspecified atom stereocenters. The minimum absolute atomic E-state index is 0.173. The van der Waals surface area contributed by atoms with Gasteiger partial charge in [0.15, 0.2) is 5.58 Å². The minimum atomic E-state index is -3.30. The monoisotopic (exact) mass is 273 g/mol. The van der Waals surface area contributed by atoms with Crippen molar-refractivity contribution in [3.8, 4) is 0 Å². The number of aliphatic hydroxyl groups excluding tert-OH is 1. The zero-order chi connectivity index (χ0) is 14.0. The van der Waals surface area contributed by atoms with Gasteiger partial charge in [-0.3, -0.25) is 10.1 Å². The van der Waals surface area contributed by atoms with Gasteiger partial charge in [-0.15, -0.1) is 0 Å². The second-order valence-electron chi connectivity index (χ2n) is 3.80. The molecule has 0 fully saturated rings. The average Bonchev–Trinajstić information content (AvgIpc) is 2.78. The molecular weight excluding hydrogens is 264 g/mol. The number of oxazole rings is 1. The van der Waals surface area contributed by atoms with Crippen LogP contribution in [-0.4, -0.2) is 34.1 Å². The van der Waals surface area contributed by atoms with Crippen molar-refractivity contribution >= 4 is 22.8 Å². The molecule has 0 saturated carbocycles. The van der Waals surface area contributed by atoms with Crippen LogP contribution in [0, 0.1) is 10.1 Å². The number of rotatable bonds is 5. The average molecular weight is 273 g/mol. The van der Waals surface area contributed by atoms with Gasteiger partial charge in [-0.2, -0.15) is 4.98 Å². The van der Waals surface area contributed by atoms with Gasteiger partial charge >= 0.3 is 0 Å². The van der Waals surface area contributed by atoms with Crippen molar-refractivity contribution in [3.05, 3.63) is 28.3 Å². The molecule has 0 saturated heterocycles. The summed E-state index contributed by atoms with van der Waals surface area (Å²) in [7, 11) is 0. The van der Waals surface area contributed by atoms with Gasteiger partial charge in [-0.05, 0) is 6.07 Å². The van der Waals surface area contributed by atoms with Crippen LogP contribution in [0.1, 0.15) is 0 Å². The lowest BCUT2D eigenvalue weighted by molar-refractivity contribution is -0.384. The van der Waals surface area contributed by atoms with Gasteiger partial charge in [-0.1, -0.05) is 0 Å². The first-order valence-corrected chi connectivity index (χ1v) is 5.19. The third-order valence-corrected chi connectivity index (χ3v) is 2.31. The maximum Gasteiger partial charge on any atom is 0.295 e. The standard InChI is InChI=1S/C10H9F2N3O4/c11-10(12,5-16)4-13-9-14-7-3-6(15(17)18)1-2-8(7)19-9/h1-3,16H,4-5H2,(H,13,14). The fraction of sp³-hybridized carbons (Fsp3) is 0.300. The summed E-state index contributed by atoms with van der Waals surface area (Å²) in [5.41, 5.74) is 0.248. The number of nitrogens with one attached hydrogen (secondary N) is 1. The van der Waals surface area contributed by atoms with Crippen LogP contribution in [0.25, 0.3) is 11.1 Å². The molecule has 0 aliphatic heterocycles.